The van der Waals surface area contributed by atoms with Crippen LogP contribution in [-0.2, 0) is 6.42 Å². The van der Waals surface area contributed by atoms with Crippen molar-refractivity contribution in [3.8, 4) is 0 Å². The van der Waals surface area contributed by atoms with Gasteiger partial charge in [0, 0.05) is 35.8 Å². The van der Waals surface area contributed by atoms with Crippen LogP contribution in [0.3, 0.4) is 0 Å². The highest BCUT2D eigenvalue weighted by Gasteiger charge is 2.23. The van der Waals surface area contributed by atoms with Crippen LogP contribution in [0.5, 0.6) is 0 Å². The summed E-state index contributed by atoms with van der Waals surface area (Å²) in [5.41, 5.74) is 5.38. The summed E-state index contributed by atoms with van der Waals surface area (Å²) in [6, 6.07) is 12.9. The molecule has 3 N–H and O–H groups in total. The summed E-state index contributed by atoms with van der Waals surface area (Å²) in [7, 11) is 0. The Morgan fingerprint density at radius 2 is 1.81 bits per heavy atom. The zero-order chi connectivity index (χ0) is 31.0. The van der Waals surface area contributed by atoms with E-state index in [-0.39, 0.29) is 17.5 Å². The van der Waals surface area contributed by atoms with E-state index in [1.807, 2.05) is 18.4 Å². The molecule has 1 aromatic carbocycles. The van der Waals surface area contributed by atoms with Gasteiger partial charge >= 0.3 is 0 Å². The Balaban J connectivity index is 2.29. The smallest absolute Gasteiger partial charge is 0.140 e. The van der Waals surface area contributed by atoms with Crippen molar-refractivity contribution in [2.45, 2.75) is 98.6 Å². The SMILES string of the molecule is C=C/C(=C\C=N/CCCCCC)Nc1nc(NC(Cc2ccccc2)[C@H](C)NC(=C)CC(C)(C)CC)c(C)cc1C=C. The Morgan fingerprint density at radius 3 is 2.45 bits per heavy atom. The maximum Gasteiger partial charge on any atom is 0.140 e. The molecule has 0 aliphatic heterocycles. The van der Waals surface area contributed by atoms with Crippen LogP contribution in [0.4, 0.5) is 11.6 Å². The number of benzene rings is 1. The first kappa shape index (κ1) is 34.6. The van der Waals surface area contributed by atoms with E-state index in [1.54, 1.807) is 6.08 Å². The van der Waals surface area contributed by atoms with E-state index >= 15 is 0 Å². The van der Waals surface area contributed by atoms with E-state index < -0.39 is 0 Å². The summed E-state index contributed by atoms with van der Waals surface area (Å²) >= 11 is 0. The van der Waals surface area contributed by atoms with Crippen LogP contribution < -0.4 is 16.0 Å². The summed E-state index contributed by atoms with van der Waals surface area (Å²) in [5.74, 6) is 1.57. The molecule has 1 heterocycles. The Hall–Kier alpha value is -3.60. The van der Waals surface area contributed by atoms with Crippen molar-refractivity contribution in [3.05, 3.63) is 96.4 Å². The fourth-order valence-electron chi connectivity index (χ4n) is 4.74. The second-order valence-electron chi connectivity index (χ2n) is 12.0. The number of aromatic nitrogens is 1. The number of nitrogens with one attached hydrogen (secondary N) is 3. The molecule has 2 rings (SSSR count). The standard InChI is InChI=1S/C37H55N5/c1-10-14-15-19-23-38-24-22-33(12-3)40-36-32(11-2)25-28(5)35(42-36)41-34(26-31-20-17-16-18-21-31)30(7)39-29(6)27-37(8,9)13-4/h11-12,16-18,20-22,24-25,30,34,39H,2-3,6,10,13-15,19,23,26-27H2,1,4-5,7-9H3,(H2,40,41,42)/b33-22+,38-24-/t30-,34?/m0/s1. The fourth-order valence-corrected chi connectivity index (χ4v) is 4.74. The van der Waals surface area contributed by atoms with Gasteiger partial charge in [-0.05, 0) is 67.9 Å². The molecule has 0 saturated heterocycles. The third-order valence-corrected chi connectivity index (χ3v) is 7.75. The van der Waals surface area contributed by atoms with Crippen molar-refractivity contribution in [1.82, 2.24) is 10.3 Å². The molecule has 1 unspecified atom stereocenters. The number of hydrogen-bond acceptors (Lipinski definition) is 5. The van der Waals surface area contributed by atoms with Gasteiger partial charge < -0.3 is 16.0 Å². The molecule has 0 spiro atoms. The van der Waals surface area contributed by atoms with Crippen LogP contribution in [0.25, 0.3) is 6.08 Å². The molecular weight excluding hydrogens is 514 g/mol. The average molecular weight is 570 g/mol. The Kier molecular flexibility index (Phi) is 14.9. The van der Waals surface area contributed by atoms with Gasteiger partial charge in [0.15, 0.2) is 0 Å². The number of aryl methyl sites for hydroxylation is 1. The van der Waals surface area contributed by atoms with Crippen LogP contribution in [-0.4, -0.2) is 29.8 Å². The second kappa shape index (κ2) is 18.0. The Morgan fingerprint density at radius 1 is 1.07 bits per heavy atom. The van der Waals surface area contributed by atoms with Gasteiger partial charge in [-0.25, -0.2) is 4.98 Å². The van der Waals surface area contributed by atoms with Gasteiger partial charge in [0.1, 0.15) is 11.6 Å². The van der Waals surface area contributed by atoms with Gasteiger partial charge in [0.25, 0.3) is 0 Å². The van der Waals surface area contributed by atoms with Crippen LogP contribution in [0, 0.1) is 12.3 Å². The van der Waals surface area contributed by atoms with Crippen molar-refractivity contribution in [3.63, 3.8) is 0 Å². The molecule has 0 fully saturated rings. The van der Waals surface area contributed by atoms with Gasteiger partial charge in [0.2, 0.25) is 0 Å². The van der Waals surface area contributed by atoms with Crippen molar-refractivity contribution < 1.29 is 0 Å². The number of rotatable bonds is 20. The van der Waals surface area contributed by atoms with Crippen molar-refractivity contribution in [2.75, 3.05) is 17.2 Å². The molecule has 0 radical (unpaired) electrons. The summed E-state index contributed by atoms with van der Waals surface area (Å²) in [6.07, 6.45) is 15.1. The van der Waals surface area contributed by atoms with E-state index in [0.29, 0.717) is 0 Å². The first-order chi connectivity index (χ1) is 20.1. The first-order valence-corrected chi connectivity index (χ1v) is 15.6. The van der Waals surface area contributed by atoms with Gasteiger partial charge in [-0.1, -0.05) is 110 Å². The molecule has 5 heteroatoms. The predicted molar refractivity (Wildman–Crippen MR) is 186 cm³/mol. The highest BCUT2D eigenvalue weighted by molar-refractivity contribution is 5.76. The van der Waals surface area contributed by atoms with Crippen LogP contribution in [0.1, 0.15) is 89.8 Å². The number of hydrogen-bond donors (Lipinski definition) is 3. The molecule has 0 aliphatic carbocycles. The fraction of sp³-hybridized carbons (Fsp3) is 0.459. The lowest BCUT2D eigenvalue weighted by Gasteiger charge is -2.31. The minimum absolute atomic E-state index is 0.0804. The molecular formula is C37H55N5. The number of allylic oxidation sites excluding steroid dienone is 3. The van der Waals surface area contributed by atoms with E-state index in [1.165, 1.54) is 24.8 Å². The van der Waals surface area contributed by atoms with Gasteiger partial charge in [0.05, 0.1) is 6.04 Å². The Labute approximate surface area is 256 Å². The number of aliphatic imine (C=N–C) groups is 1. The molecule has 0 amide bonds. The number of nitrogens with zero attached hydrogens (tertiary/aromatic N) is 2. The summed E-state index contributed by atoms with van der Waals surface area (Å²) in [5, 5.41) is 10.9. The van der Waals surface area contributed by atoms with Crippen LogP contribution in [0.15, 0.2) is 84.7 Å². The zero-order valence-electron chi connectivity index (χ0n) is 27.1. The molecule has 2 aromatic rings. The number of pyridine rings is 1. The van der Waals surface area contributed by atoms with Gasteiger partial charge in [-0.15, -0.1) is 0 Å². The quantitative estimate of drug-likeness (QED) is 0.0844. The maximum atomic E-state index is 5.05. The molecule has 5 nitrogen and oxygen atoms in total. The van der Waals surface area contributed by atoms with Crippen LogP contribution in [0.2, 0.25) is 0 Å². The lowest BCUT2D eigenvalue weighted by Crippen LogP contribution is -2.43. The second-order valence-corrected chi connectivity index (χ2v) is 12.0. The van der Waals surface area contributed by atoms with E-state index in [4.69, 9.17) is 4.98 Å². The third-order valence-electron chi connectivity index (χ3n) is 7.75. The average Bonchev–Trinajstić information content (AvgIpc) is 2.97. The summed E-state index contributed by atoms with van der Waals surface area (Å²) in [6.45, 7) is 26.6. The molecule has 1 aromatic heterocycles. The molecule has 2 atom stereocenters. The van der Waals surface area contributed by atoms with E-state index in [0.717, 1.165) is 66.4 Å². The van der Waals surface area contributed by atoms with Crippen LogP contribution >= 0.6 is 0 Å². The molecule has 0 aliphatic rings. The Bertz CT molecular complexity index is 1190. The summed E-state index contributed by atoms with van der Waals surface area (Å²) < 4.78 is 0. The molecule has 228 valence electrons. The highest BCUT2D eigenvalue weighted by atomic mass is 15.1. The molecule has 0 bridgehead atoms. The normalized spacial score (nSPS) is 13.4. The van der Waals surface area contributed by atoms with E-state index in [9.17, 15) is 0 Å². The van der Waals surface area contributed by atoms with Crippen molar-refractivity contribution in [2.24, 2.45) is 10.4 Å². The third kappa shape index (κ3) is 12.1. The first-order valence-electron chi connectivity index (χ1n) is 15.6. The lowest BCUT2D eigenvalue weighted by molar-refractivity contribution is 0.334. The monoisotopic (exact) mass is 569 g/mol. The van der Waals surface area contributed by atoms with Crippen molar-refractivity contribution >= 4 is 23.9 Å². The van der Waals surface area contributed by atoms with Crippen molar-refractivity contribution in [1.29, 1.82) is 0 Å². The lowest BCUT2D eigenvalue weighted by atomic mass is 9.85. The number of anilines is 2. The topological polar surface area (TPSA) is 61.3 Å². The minimum Gasteiger partial charge on any atom is -0.384 e. The van der Waals surface area contributed by atoms with E-state index in [2.05, 4.69) is 119 Å². The van der Waals surface area contributed by atoms with Gasteiger partial charge in [-0.3, -0.25) is 4.99 Å². The largest absolute Gasteiger partial charge is 0.384 e. The van der Waals surface area contributed by atoms with Gasteiger partial charge in [-0.2, -0.15) is 0 Å². The number of unbranched alkanes of at least 4 members (excludes halogenated alkanes) is 3. The molecule has 42 heavy (non-hydrogen) atoms. The zero-order valence-corrected chi connectivity index (χ0v) is 27.1. The summed E-state index contributed by atoms with van der Waals surface area (Å²) in [4.78, 5) is 9.59. The maximum absolute atomic E-state index is 5.05. The predicted octanol–water partition coefficient (Wildman–Crippen LogP) is 9.51. The highest BCUT2D eigenvalue weighted by Crippen LogP contribution is 2.28. The minimum atomic E-state index is 0.0804. The molecule has 0 saturated carbocycles.